The summed E-state index contributed by atoms with van der Waals surface area (Å²) in [6, 6.07) is 0.0372. The molecule has 2 N–H and O–H groups in total. The number of β-amino-alcohol motifs (C(OH)–C–C–N with tert-alkyl or cyclic N) is 1. The number of rotatable bonds is 2. The van der Waals surface area contributed by atoms with Crippen molar-refractivity contribution < 1.29 is 9.63 Å². The number of hydrogen-bond donors (Lipinski definition) is 2. The van der Waals surface area contributed by atoms with Crippen LogP contribution in [-0.2, 0) is 5.41 Å². The van der Waals surface area contributed by atoms with Gasteiger partial charge in [-0.25, -0.2) is 0 Å². The molecule has 5 fully saturated rings. The van der Waals surface area contributed by atoms with Gasteiger partial charge in [-0.1, -0.05) is 5.16 Å². The number of nitrogens with zero attached hydrogens (tertiary/aromatic N) is 2. The lowest BCUT2D eigenvalue weighted by Gasteiger charge is -2.55. The van der Waals surface area contributed by atoms with Gasteiger partial charge < -0.3 is 14.9 Å². The molecular weight excluding hydrogens is 266 g/mol. The van der Waals surface area contributed by atoms with Crippen molar-refractivity contribution in [1.29, 1.82) is 0 Å². The maximum absolute atomic E-state index is 9.65. The van der Waals surface area contributed by atoms with Crippen LogP contribution in [0.4, 0.5) is 0 Å². The van der Waals surface area contributed by atoms with Gasteiger partial charge in [-0.05, 0) is 62.7 Å². The first kappa shape index (κ1) is 12.6. The minimum absolute atomic E-state index is 0.0372. The van der Waals surface area contributed by atoms with Gasteiger partial charge in [0.05, 0.1) is 12.1 Å². The normalized spacial score (nSPS) is 48.1. The third kappa shape index (κ3) is 1.90. The zero-order chi connectivity index (χ0) is 14.0. The second kappa shape index (κ2) is 4.29. The van der Waals surface area contributed by atoms with Gasteiger partial charge in [-0.2, -0.15) is 4.98 Å². The van der Waals surface area contributed by atoms with Crippen LogP contribution in [0.5, 0.6) is 0 Å². The summed E-state index contributed by atoms with van der Waals surface area (Å²) in [4.78, 5) is 4.77. The first-order chi connectivity index (χ1) is 10.2. The van der Waals surface area contributed by atoms with Crippen molar-refractivity contribution >= 4 is 0 Å². The van der Waals surface area contributed by atoms with Gasteiger partial charge in [0.1, 0.15) is 0 Å². The van der Waals surface area contributed by atoms with E-state index in [-0.39, 0.29) is 17.6 Å². The summed E-state index contributed by atoms with van der Waals surface area (Å²) in [5.74, 6) is 4.32. The standard InChI is InChI=1S/C16H23N3O2/c20-12-4-13(17-8-12)14-18-15(19-21-14)16-5-9-1-10(6-16)3-11(2-9)7-16/h9-13,17,20H,1-8H2/t9?,10?,11?,12?,13-,16?/m0/s1. The van der Waals surface area contributed by atoms with Crippen LogP contribution in [0.2, 0.25) is 0 Å². The van der Waals surface area contributed by atoms with E-state index < -0.39 is 0 Å². The molecule has 4 aliphatic carbocycles. The minimum Gasteiger partial charge on any atom is -0.392 e. The van der Waals surface area contributed by atoms with E-state index in [9.17, 15) is 5.11 Å². The van der Waals surface area contributed by atoms with E-state index in [2.05, 4.69) is 10.5 Å². The van der Waals surface area contributed by atoms with E-state index in [0.29, 0.717) is 18.9 Å². The fourth-order valence-corrected chi connectivity index (χ4v) is 5.88. The number of nitrogens with one attached hydrogen (secondary N) is 1. The lowest BCUT2D eigenvalue weighted by molar-refractivity contribution is -0.0103. The van der Waals surface area contributed by atoms with Crippen LogP contribution >= 0.6 is 0 Å². The van der Waals surface area contributed by atoms with Crippen LogP contribution in [0.25, 0.3) is 0 Å². The van der Waals surface area contributed by atoms with Crippen molar-refractivity contribution in [2.24, 2.45) is 17.8 Å². The highest BCUT2D eigenvalue weighted by atomic mass is 16.5. The van der Waals surface area contributed by atoms with Crippen LogP contribution in [-0.4, -0.2) is 27.9 Å². The first-order valence-electron chi connectivity index (χ1n) is 8.46. The van der Waals surface area contributed by atoms with Crippen molar-refractivity contribution in [2.45, 2.75) is 62.5 Å². The van der Waals surface area contributed by atoms with Gasteiger partial charge in [0.15, 0.2) is 5.82 Å². The molecule has 1 aromatic rings. The average Bonchev–Trinajstić information content (AvgIpc) is 3.05. The largest absolute Gasteiger partial charge is 0.392 e. The first-order valence-corrected chi connectivity index (χ1v) is 8.46. The van der Waals surface area contributed by atoms with E-state index in [1.807, 2.05) is 0 Å². The fraction of sp³-hybridized carbons (Fsp3) is 0.875. The van der Waals surface area contributed by atoms with Gasteiger partial charge in [0, 0.05) is 12.0 Å². The van der Waals surface area contributed by atoms with Crippen molar-refractivity contribution in [3.8, 4) is 0 Å². The van der Waals surface area contributed by atoms with Crippen molar-refractivity contribution in [3.63, 3.8) is 0 Å². The van der Waals surface area contributed by atoms with Crippen LogP contribution < -0.4 is 5.32 Å². The van der Waals surface area contributed by atoms with Crippen LogP contribution in [0, 0.1) is 17.8 Å². The van der Waals surface area contributed by atoms with Crippen LogP contribution in [0.15, 0.2) is 4.52 Å². The lowest BCUT2D eigenvalue weighted by atomic mass is 9.49. The Balaban J connectivity index is 1.44. The highest BCUT2D eigenvalue weighted by Gasteiger charge is 2.54. The number of hydrogen-bond acceptors (Lipinski definition) is 5. The molecule has 4 saturated carbocycles. The predicted molar refractivity (Wildman–Crippen MR) is 75.5 cm³/mol. The van der Waals surface area contributed by atoms with Gasteiger partial charge in [0.2, 0.25) is 5.89 Å². The molecule has 1 unspecified atom stereocenters. The molecule has 5 aliphatic rings. The van der Waals surface area contributed by atoms with Crippen molar-refractivity contribution in [2.75, 3.05) is 6.54 Å². The smallest absolute Gasteiger partial charge is 0.243 e. The second-order valence-corrected chi connectivity index (χ2v) is 8.00. The van der Waals surface area contributed by atoms with Gasteiger partial charge in [-0.3, -0.25) is 0 Å². The molecule has 0 aromatic carbocycles. The Hall–Kier alpha value is -0.940. The summed E-state index contributed by atoms with van der Waals surface area (Å²) >= 11 is 0. The van der Waals surface area contributed by atoms with Crippen molar-refractivity contribution in [1.82, 2.24) is 15.5 Å². The average molecular weight is 289 g/mol. The topological polar surface area (TPSA) is 71.2 Å². The molecule has 4 bridgehead atoms. The zero-order valence-corrected chi connectivity index (χ0v) is 12.3. The quantitative estimate of drug-likeness (QED) is 0.870. The Kier molecular flexibility index (Phi) is 2.57. The van der Waals surface area contributed by atoms with E-state index >= 15 is 0 Å². The molecule has 6 rings (SSSR count). The molecule has 1 aliphatic heterocycles. The Labute approximate surface area is 124 Å². The molecule has 2 atom stereocenters. The third-order valence-corrected chi connectivity index (χ3v) is 6.36. The van der Waals surface area contributed by atoms with Crippen LogP contribution in [0.3, 0.4) is 0 Å². The van der Waals surface area contributed by atoms with E-state index in [0.717, 1.165) is 23.6 Å². The Bertz CT molecular complexity index is 520. The van der Waals surface area contributed by atoms with Gasteiger partial charge in [0.25, 0.3) is 0 Å². The third-order valence-electron chi connectivity index (χ3n) is 6.36. The summed E-state index contributed by atoms with van der Waals surface area (Å²) in [7, 11) is 0. The summed E-state index contributed by atoms with van der Waals surface area (Å²) in [6.45, 7) is 0.625. The molecular formula is C16H23N3O2. The SMILES string of the molecule is OC1CN[C@H](c2nc(C34CC5CC(CC(C5)C3)C4)no2)C1. The van der Waals surface area contributed by atoms with Crippen LogP contribution in [0.1, 0.15) is 62.7 Å². The van der Waals surface area contributed by atoms with E-state index in [1.165, 1.54) is 38.5 Å². The molecule has 1 aromatic heterocycles. The predicted octanol–water partition coefficient (Wildman–Crippen LogP) is 1.93. The molecule has 0 radical (unpaired) electrons. The van der Waals surface area contributed by atoms with Gasteiger partial charge in [-0.15, -0.1) is 0 Å². The molecule has 21 heavy (non-hydrogen) atoms. The molecule has 2 heterocycles. The van der Waals surface area contributed by atoms with Crippen molar-refractivity contribution in [3.05, 3.63) is 11.7 Å². The summed E-state index contributed by atoms with van der Waals surface area (Å²) < 4.78 is 5.55. The lowest BCUT2D eigenvalue weighted by Crippen LogP contribution is -2.49. The summed E-state index contributed by atoms with van der Waals surface area (Å²) in [5.41, 5.74) is 0.202. The Morgan fingerprint density at radius 1 is 1.05 bits per heavy atom. The summed E-state index contributed by atoms with van der Waals surface area (Å²) in [5, 5.41) is 17.3. The molecule has 1 saturated heterocycles. The number of aromatic nitrogens is 2. The monoisotopic (exact) mass is 289 g/mol. The second-order valence-electron chi connectivity index (χ2n) is 8.00. The Morgan fingerprint density at radius 3 is 2.29 bits per heavy atom. The number of aliphatic hydroxyl groups is 1. The molecule has 5 heteroatoms. The number of aliphatic hydroxyl groups excluding tert-OH is 1. The molecule has 0 spiro atoms. The maximum atomic E-state index is 9.65. The Morgan fingerprint density at radius 2 is 1.71 bits per heavy atom. The molecule has 5 nitrogen and oxygen atoms in total. The van der Waals surface area contributed by atoms with Gasteiger partial charge >= 0.3 is 0 Å². The summed E-state index contributed by atoms with van der Waals surface area (Å²) in [6.07, 6.45) is 8.48. The fourth-order valence-electron chi connectivity index (χ4n) is 5.88. The van der Waals surface area contributed by atoms with E-state index in [1.54, 1.807) is 0 Å². The van der Waals surface area contributed by atoms with E-state index in [4.69, 9.17) is 9.51 Å². The molecule has 114 valence electrons. The maximum Gasteiger partial charge on any atom is 0.243 e. The molecule has 0 amide bonds. The highest BCUT2D eigenvalue weighted by Crippen LogP contribution is 2.60. The zero-order valence-electron chi connectivity index (χ0n) is 12.3. The highest BCUT2D eigenvalue weighted by molar-refractivity contribution is 5.17. The minimum atomic E-state index is -0.287.